The molecule has 0 radical (unpaired) electrons. The van der Waals surface area contributed by atoms with Crippen molar-refractivity contribution in [1.82, 2.24) is 4.98 Å². The molecule has 2 fully saturated rings. The van der Waals surface area contributed by atoms with Gasteiger partial charge in [0.1, 0.15) is 11.6 Å². The summed E-state index contributed by atoms with van der Waals surface area (Å²) in [6, 6.07) is 13.5. The van der Waals surface area contributed by atoms with Crippen molar-refractivity contribution in [3.8, 4) is 0 Å². The van der Waals surface area contributed by atoms with Gasteiger partial charge in [-0.2, -0.15) is 13.2 Å². The second-order valence-electron chi connectivity index (χ2n) is 12.1. The number of piperidine rings is 1. The number of nitrogens with zero attached hydrogens (tertiary/aromatic N) is 2. The van der Waals surface area contributed by atoms with Gasteiger partial charge >= 0.3 is 6.18 Å². The summed E-state index contributed by atoms with van der Waals surface area (Å²) >= 11 is 0. The molecule has 6 nitrogen and oxygen atoms in total. The average molecular weight is 598 g/mol. The number of anilines is 2. The third-order valence-electron chi connectivity index (χ3n) is 8.77. The fraction of sp³-hybridized carbons (Fsp3) is 0.529. The number of hydrogen-bond donors (Lipinski definition) is 1. The summed E-state index contributed by atoms with van der Waals surface area (Å²) in [7, 11) is 0. The molecule has 1 N–H and O–H groups in total. The van der Waals surface area contributed by atoms with Crippen molar-refractivity contribution in [2.24, 2.45) is 11.8 Å². The van der Waals surface area contributed by atoms with Crippen LogP contribution in [0.5, 0.6) is 0 Å². The molecule has 2 aromatic rings. The van der Waals surface area contributed by atoms with Crippen molar-refractivity contribution >= 4 is 17.4 Å². The number of ether oxygens (including phenoxy) is 2. The molecule has 0 spiro atoms. The monoisotopic (exact) mass is 597 g/mol. The molecule has 1 aliphatic carbocycles. The first-order valence-corrected chi connectivity index (χ1v) is 15.6. The van der Waals surface area contributed by atoms with Gasteiger partial charge in [0.05, 0.1) is 30.2 Å². The molecule has 0 bridgehead atoms. The summed E-state index contributed by atoms with van der Waals surface area (Å²) < 4.78 is 53.7. The van der Waals surface area contributed by atoms with Crippen molar-refractivity contribution in [2.75, 3.05) is 23.3 Å². The average Bonchev–Trinajstić information content (AvgIpc) is 3.24. The molecular weight excluding hydrogens is 555 g/mol. The van der Waals surface area contributed by atoms with E-state index < -0.39 is 23.4 Å². The Balaban J connectivity index is 1.16. The van der Waals surface area contributed by atoms with Crippen LogP contribution >= 0.6 is 0 Å². The van der Waals surface area contributed by atoms with Crippen LogP contribution in [0, 0.1) is 11.8 Å². The fourth-order valence-corrected chi connectivity index (χ4v) is 6.38. The SMILES string of the molecule is CC1CCCC(CCC2=CCCC(C(F)(F)F)=C(C(=O)Nc3ccc(N4CCC(OCc5ccccc5)CC4)nc3)O2)C1. The first-order chi connectivity index (χ1) is 20.7. The second kappa shape index (κ2) is 14.4. The number of rotatable bonds is 9. The van der Waals surface area contributed by atoms with E-state index in [9.17, 15) is 18.0 Å². The largest absolute Gasteiger partial charge is 0.456 e. The number of aromatic nitrogens is 1. The fourth-order valence-electron chi connectivity index (χ4n) is 6.38. The highest BCUT2D eigenvalue weighted by molar-refractivity contribution is 6.03. The first kappa shape index (κ1) is 31.1. The van der Waals surface area contributed by atoms with Crippen molar-refractivity contribution in [3.63, 3.8) is 0 Å². The molecule has 2 aliphatic heterocycles. The van der Waals surface area contributed by atoms with Gasteiger partial charge in [-0.3, -0.25) is 4.79 Å². The Morgan fingerprint density at radius 2 is 1.88 bits per heavy atom. The van der Waals surface area contributed by atoms with Crippen molar-refractivity contribution < 1.29 is 27.4 Å². The molecule has 1 saturated carbocycles. The molecule has 43 heavy (non-hydrogen) atoms. The second-order valence-corrected chi connectivity index (χ2v) is 12.1. The molecule has 2 atom stereocenters. The number of pyridine rings is 1. The zero-order chi connectivity index (χ0) is 30.2. The van der Waals surface area contributed by atoms with Crippen molar-refractivity contribution in [1.29, 1.82) is 0 Å². The quantitative estimate of drug-likeness (QED) is 0.315. The van der Waals surface area contributed by atoms with Gasteiger partial charge in [-0.15, -0.1) is 0 Å². The van der Waals surface area contributed by atoms with Crippen LogP contribution in [0.15, 0.2) is 71.8 Å². The summed E-state index contributed by atoms with van der Waals surface area (Å²) in [5.74, 6) is 0.853. The predicted molar refractivity (Wildman–Crippen MR) is 161 cm³/mol. The standard InChI is InChI=1S/C34H42F3N3O3/c1-24-7-5-10-25(21-24)13-15-29-11-6-12-30(34(35,36)37)32(43-29)33(41)39-27-14-16-31(38-22-27)40-19-17-28(18-20-40)42-23-26-8-3-2-4-9-26/h2-4,8-9,11,14,16,22,24-25,28H,5-7,10,12-13,15,17-21,23H2,1H3,(H,39,41). The van der Waals surface area contributed by atoms with Crippen LogP contribution in [0.3, 0.4) is 0 Å². The third kappa shape index (κ3) is 8.85. The third-order valence-corrected chi connectivity index (χ3v) is 8.77. The maximum absolute atomic E-state index is 14.0. The number of allylic oxidation sites excluding steroid dienone is 3. The molecule has 1 aromatic carbocycles. The molecule has 9 heteroatoms. The molecular formula is C34H42F3N3O3. The molecule has 232 valence electrons. The summed E-state index contributed by atoms with van der Waals surface area (Å²) in [5, 5.41) is 2.59. The number of carbonyl (C=O) groups excluding carboxylic acids is 1. The smallest absolute Gasteiger partial charge is 0.416 e. The summed E-state index contributed by atoms with van der Waals surface area (Å²) in [5.41, 5.74) is 0.542. The number of carbonyl (C=O) groups is 1. The molecule has 3 aliphatic rings. The Bertz CT molecular complexity index is 1270. The van der Waals surface area contributed by atoms with Gasteiger partial charge in [0, 0.05) is 19.5 Å². The Kier molecular flexibility index (Phi) is 10.4. The summed E-state index contributed by atoms with van der Waals surface area (Å²) in [6.45, 7) is 4.40. The zero-order valence-corrected chi connectivity index (χ0v) is 24.9. The molecule has 5 rings (SSSR count). The van der Waals surface area contributed by atoms with Crippen LogP contribution in [0.1, 0.15) is 76.7 Å². The van der Waals surface area contributed by atoms with E-state index in [1.165, 1.54) is 19.0 Å². The minimum absolute atomic E-state index is 0.177. The summed E-state index contributed by atoms with van der Waals surface area (Å²) in [6.07, 6.45) is 6.42. The molecule has 1 aromatic heterocycles. The number of halogens is 3. The van der Waals surface area contributed by atoms with Crippen LogP contribution in [0.25, 0.3) is 0 Å². The van der Waals surface area contributed by atoms with Crippen LogP contribution < -0.4 is 10.2 Å². The molecule has 2 unspecified atom stereocenters. The van der Waals surface area contributed by atoms with Crippen molar-refractivity contribution in [2.45, 2.75) is 90.0 Å². The topological polar surface area (TPSA) is 63.7 Å². The van der Waals surface area contributed by atoms with Gasteiger partial charge in [0.25, 0.3) is 5.91 Å². The van der Waals surface area contributed by atoms with E-state index >= 15 is 0 Å². The highest BCUT2D eigenvalue weighted by atomic mass is 19.4. The van der Waals surface area contributed by atoms with E-state index in [4.69, 9.17) is 9.47 Å². The Morgan fingerprint density at radius 1 is 1.09 bits per heavy atom. The van der Waals surface area contributed by atoms with Crippen LogP contribution in [-0.4, -0.2) is 36.3 Å². The van der Waals surface area contributed by atoms with E-state index in [0.29, 0.717) is 36.3 Å². The van der Waals surface area contributed by atoms with Gasteiger partial charge in [-0.1, -0.05) is 56.5 Å². The highest BCUT2D eigenvalue weighted by Gasteiger charge is 2.40. The number of amides is 1. The maximum Gasteiger partial charge on any atom is 0.416 e. The van der Waals surface area contributed by atoms with Crippen LogP contribution in [-0.2, 0) is 20.9 Å². The van der Waals surface area contributed by atoms with E-state index in [1.54, 1.807) is 18.2 Å². The van der Waals surface area contributed by atoms with Crippen molar-refractivity contribution in [3.05, 3.63) is 77.4 Å². The lowest BCUT2D eigenvalue weighted by atomic mass is 9.80. The zero-order valence-electron chi connectivity index (χ0n) is 24.9. The lowest BCUT2D eigenvalue weighted by Gasteiger charge is -2.32. The Labute approximate surface area is 252 Å². The van der Waals surface area contributed by atoms with Gasteiger partial charge in [0.2, 0.25) is 0 Å². The minimum Gasteiger partial charge on any atom is -0.456 e. The first-order valence-electron chi connectivity index (χ1n) is 15.6. The van der Waals surface area contributed by atoms with Crippen LogP contribution in [0.4, 0.5) is 24.7 Å². The molecule has 1 saturated heterocycles. The van der Waals surface area contributed by atoms with Crippen LogP contribution in [0.2, 0.25) is 0 Å². The minimum atomic E-state index is -4.66. The van der Waals surface area contributed by atoms with Gasteiger partial charge in [0.15, 0.2) is 5.76 Å². The lowest BCUT2D eigenvalue weighted by molar-refractivity contribution is -0.119. The number of nitrogens with one attached hydrogen (secondary N) is 1. The van der Waals surface area contributed by atoms with Gasteiger partial charge < -0.3 is 19.7 Å². The maximum atomic E-state index is 14.0. The van der Waals surface area contributed by atoms with Gasteiger partial charge in [-0.25, -0.2) is 4.98 Å². The number of hydrogen-bond acceptors (Lipinski definition) is 5. The van der Waals surface area contributed by atoms with E-state index in [1.807, 2.05) is 18.2 Å². The number of benzene rings is 1. The Hall–Kier alpha value is -3.33. The summed E-state index contributed by atoms with van der Waals surface area (Å²) in [4.78, 5) is 19.8. The van der Waals surface area contributed by atoms with E-state index in [2.05, 4.69) is 34.3 Å². The number of alkyl halides is 3. The molecule has 3 heterocycles. The predicted octanol–water partition coefficient (Wildman–Crippen LogP) is 8.32. The van der Waals surface area contributed by atoms with E-state index in [-0.39, 0.29) is 18.9 Å². The normalized spacial score (nSPS) is 22.0. The van der Waals surface area contributed by atoms with E-state index in [0.717, 1.165) is 56.6 Å². The Morgan fingerprint density at radius 3 is 2.58 bits per heavy atom. The highest BCUT2D eigenvalue weighted by Crippen LogP contribution is 2.38. The molecule has 1 amide bonds. The lowest BCUT2D eigenvalue weighted by Crippen LogP contribution is -2.37. The van der Waals surface area contributed by atoms with Gasteiger partial charge in [-0.05, 0) is 74.1 Å².